The molecule has 30 heavy (non-hydrogen) atoms. The topological polar surface area (TPSA) is 92.4 Å². The number of carbonyl (C=O) groups excluding carboxylic acids is 2. The van der Waals surface area contributed by atoms with Gasteiger partial charge in [-0.05, 0) is 55.7 Å². The van der Waals surface area contributed by atoms with Crippen molar-refractivity contribution in [1.29, 1.82) is 0 Å². The predicted octanol–water partition coefficient (Wildman–Crippen LogP) is 4.63. The smallest absolute Gasteiger partial charge is 0.319 e. The molecule has 0 atom stereocenters. The van der Waals surface area contributed by atoms with Crippen molar-refractivity contribution in [2.45, 2.75) is 25.8 Å². The minimum atomic E-state index is -0.295. The highest BCUT2D eigenvalue weighted by Crippen LogP contribution is 2.34. The molecule has 0 radical (unpaired) electrons. The van der Waals surface area contributed by atoms with Crippen LogP contribution in [0.1, 0.15) is 28.8 Å². The van der Waals surface area contributed by atoms with Gasteiger partial charge < -0.3 is 20.7 Å². The van der Waals surface area contributed by atoms with E-state index in [1.54, 1.807) is 43.6 Å². The SMILES string of the molecule is CNC(=O)c1cc2c(Oc3ccc(Cl)c(NC(=O)NC4CC4)c3)ccnc2cc1C. The Balaban J connectivity index is 1.64. The number of carbonyl (C=O) groups is 2. The lowest BCUT2D eigenvalue weighted by molar-refractivity contribution is 0.0962. The van der Waals surface area contributed by atoms with Gasteiger partial charge in [-0.1, -0.05) is 11.6 Å². The van der Waals surface area contributed by atoms with E-state index in [0.717, 1.165) is 18.4 Å². The molecule has 8 heteroatoms. The van der Waals surface area contributed by atoms with Crippen LogP contribution in [-0.4, -0.2) is 30.0 Å². The molecule has 1 aromatic heterocycles. The first-order valence-corrected chi connectivity index (χ1v) is 9.99. The highest BCUT2D eigenvalue weighted by molar-refractivity contribution is 6.33. The molecule has 1 fully saturated rings. The van der Waals surface area contributed by atoms with E-state index in [9.17, 15) is 9.59 Å². The number of anilines is 1. The number of ether oxygens (including phenoxy) is 1. The minimum absolute atomic E-state index is 0.177. The van der Waals surface area contributed by atoms with Crippen LogP contribution in [0, 0.1) is 6.92 Å². The molecule has 1 saturated carbocycles. The summed E-state index contributed by atoms with van der Waals surface area (Å²) in [6.45, 7) is 1.86. The van der Waals surface area contributed by atoms with E-state index >= 15 is 0 Å². The van der Waals surface area contributed by atoms with E-state index < -0.39 is 0 Å². The van der Waals surface area contributed by atoms with Gasteiger partial charge >= 0.3 is 6.03 Å². The van der Waals surface area contributed by atoms with Crippen LogP contribution >= 0.6 is 11.6 Å². The van der Waals surface area contributed by atoms with Gasteiger partial charge in [-0.25, -0.2) is 4.79 Å². The number of pyridine rings is 1. The fourth-order valence-corrected chi connectivity index (χ4v) is 3.27. The number of halogens is 1. The van der Waals surface area contributed by atoms with Gasteiger partial charge in [0.25, 0.3) is 5.91 Å². The molecular formula is C22H21ClN4O3. The number of hydrogen-bond acceptors (Lipinski definition) is 4. The van der Waals surface area contributed by atoms with Crippen molar-refractivity contribution in [2.24, 2.45) is 0 Å². The van der Waals surface area contributed by atoms with E-state index in [2.05, 4.69) is 20.9 Å². The third-order valence-electron chi connectivity index (χ3n) is 4.85. The summed E-state index contributed by atoms with van der Waals surface area (Å²) in [5, 5.41) is 9.37. The lowest BCUT2D eigenvalue weighted by Gasteiger charge is -2.13. The predicted molar refractivity (Wildman–Crippen MR) is 117 cm³/mol. The number of fused-ring (bicyclic) bond motifs is 1. The number of amides is 3. The molecule has 3 amide bonds. The summed E-state index contributed by atoms with van der Waals surface area (Å²) in [5.41, 5.74) is 2.55. The molecule has 3 N–H and O–H groups in total. The zero-order chi connectivity index (χ0) is 21.3. The summed E-state index contributed by atoms with van der Waals surface area (Å²) in [6, 6.07) is 10.3. The average Bonchev–Trinajstić information content (AvgIpc) is 3.53. The van der Waals surface area contributed by atoms with E-state index in [1.165, 1.54) is 0 Å². The number of aromatic nitrogens is 1. The molecule has 1 aliphatic rings. The van der Waals surface area contributed by atoms with Crippen LogP contribution in [0.2, 0.25) is 5.02 Å². The van der Waals surface area contributed by atoms with Gasteiger partial charge in [0.05, 0.1) is 16.2 Å². The monoisotopic (exact) mass is 424 g/mol. The fourth-order valence-electron chi connectivity index (χ4n) is 3.10. The molecule has 7 nitrogen and oxygen atoms in total. The van der Waals surface area contributed by atoms with Crippen molar-refractivity contribution in [3.8, 4) is 11.5 Å². The van der Waals surface area contributed by atoms with Crippen LogP contribution < -0.4 is 20.7 Å². The number of aryl methyl sites for hydroxylation is 1. The Morgan fingerprint density at radius 2 is 1.97 bits per heavy atom. The number of benzene rings is 2. The van der Waals surface area contributed by atoms with Gasteiger partial charge in [0.1, 0.15) is 11.5 Å². The summed E-state index contributed by atoms with van der Waals surface area (Å²) < 4.78 is 6.07. The molecule has 4 rings (SSSR count). The van der Waals surface area contributed by atoms with Crippen molar-refractivity contribution in [3.05, 3.63) is 58.7 Å². The Labute approximate surface area is 178 Å². The van der Waals surface area contributed by atoms with Crippen molar-refractivity contribution in [1.82, 2.24) is 15.6 Å². The number of nitrogens with zero attached hydrogens (tertiary/aromatic N) is 1. The standard InChI is InChI=1S/C22H21ClN4O3/c1-12-9-18-16(11-15(12)21(28)24-2)20(7-8-25-18)30-14-5-6-17(23)19(10-14)27-22(29)26-13-3-4-13/h5-11,13H,3-4H2,1-2H3,(H,24,28)(H2,26,27,29). The number of urea groups is 1. The summed E-state index contributed by atoms with van der Waals surface area (Å²) in [7, 11) is 1.59. The van der Waals surface area contributed by atoms with E-state index in [-0.39, 0.29) is 18.0 Å². The molecular weight excluding hydrogens is 404 g/mol. The van der Waals surface area contributed by atoms with E-state index in [1.807, 2.05) is 13.0 Å². The second-order valence-electron chi connectivity index (χ2n) is 7.19. The van der Waals surface area contributed by atoms with Gasteiger partial charge in [0.2, 0.25) is 0 Å². The fraction of sp³-hybridized carbons (Fsp3) is 0.227. The quantitative estimate of drug-likeness (QED) is 0.556. The largest absolute Gasteiger partial charge is 0.457 e. The molecule has 154 valence electrons. The van der Waals surface area contributed by atoms with Crippen LogP contribution in [0.25, 0.3) is 10.9 Å². The zero-order valence-corrected chi connectivity index (χ0v) is 17.3. The van der Waals surface area contributed by atoms with Crippen LogP contribution in [0.4, 0.5) is 10.5 Å². The normalized spacial score (nSPS) is 13.0. The Bertz CT molecular complexity index is 1140. The number of rotatable bonds is 5. The molecule has 0 spiro atoms. The van der Waals surface area contributed by atoms with Crippen molar-refractivity contribution in [3.63, 3.8) is 0 Å². The first-order chi connectivity index (χ1) is 14.4. The Hall–Kier alpha value is -3.32. The number of hydrogen-bond donors (Lipinski definition) is 3. The molecule has 2 aromatic carbocycles. The van der Waals surface area contributed by atoms with E-state index in [0.29, 0.717) is 38.7 Å². The van der Waals surface area contributed by atoms with E-state index in [4.69, 9.17) is 16.3 Å². The second kappa shape index (κ2) is 8.20. The highest BCUT2D eigenvalue weighted by Gasteiger charge is 2.23. The van der Waals surface area contributed by atoms with Crippen LogP contribution in [-0.2, 0) is 0 Å². The van der Waals surface area contributed by atoms with Crippen molar-refractivity contribution >= 4 is 40.1 Å². The number of nitrogens with one attached hydrogen (secondary N) is 3. The average molecular weight is 425 g/mol. The molecule has 0 aliphatic heterocycles. The maximum absolute atomic E-state index is 12.2. The van der Waals surface area contributed by atoms with Gasteiger partial charge in [0.15, 0.2) is 0 Å². The maximum Gasteiger partial charge on any atom is 0.319 e. The first-order valence-electron chi connectivity index (χ1n) is 9.61. The van der Waals surface area contributed by atoms with Crippen LogP contribution in [0.3, 0.4) is 0 Å². The molecule has 0 bridgehead atoms. The lowest BCUT2D eigenvalue weighted by Crippen LogP contribution is -2.30. The minimum Gasteiger partial charge on any atom is -0.457 e. The van der Waals surface area contributed by atoms with Crippen LogP contribution in [0.15, 0.2) is 42.6 Å². The van der Waals surface area contributed by atoms with Gasteiger partial charge in [-0.15, -0.1) is 0 Å². The highest BCUT2D eigenvalue weighted by atomic mass is 35.5. The van der Waals surface area contributed by atoms with Crippen molar-refractivity contribution < 1.29 is 14.3 Å². The maximum atomic E-state index is 12.2. The summed E-state index contributed by atoms with van der Waals surface area (Å²) >= 11 is 6.23. The third kappa shape index (κ3) is 4.31. The molecule has 1 heterocycles. The Morgan fingerprint density at radius 3 is 2.70 bits per heavy atom. The molecule has 1 aliphatic carbocycles. The second-order valence-corrected chi connectivity index (χ2v) is 7.60. The Morgan fingerprint density at radius 1 is 1.17 bits per heavy atom. The summed E-state index contributed by atoms with van der Waals surface area (Å²) in [5.74, 6) is 0.861. The van der Waals surface area contributed by atoms with Crippen molar-refractivity contribution in [2.75, 3.05) is 12.4 Å². The zero-order valence-electron chi connectivity index (χ0n) is 16.6. The Kier molecular flexibility index (Phi) is 5.46. The lowest BCUT2D eigenvalue weighted by atomic mass is 10.0. The molecule has 0 unspecified atom stereocenters. The molecule has 3 aromatic rings. The summed E-state index contributed by atoms with van der Waals surface area (Å²) in [6.07, 6.45) is 3.64. The van der Waals surface area contributed by atoms with Gasteiger partial charge in [-0.2, -0.15) is 0 Å². The third-order valence-corrected chi connectivity index (χ3v) is 5.18. The molecule has 0 saturated heterocycles. The first kappa shape index (κ1) is 20.0. The van der Waals surface area contributed by atoms with Gasteiger partial charge in [0, 0.05) is 36.3 Å². The van der Waals surface area contributed by atoms with Gasteiger partial charge in [-0.3, -0.25) is 9.78 Å². The van der Waals surface area contributed by atoms with Crippen LogP contribution in [0.5, 0.6) is 11.5 Å². The summed E-state index contributed by atoms with van der Waals surface area (Å²) in [4.78, 5) is 28.6.